The maximum Gasteiger partial charge on any atom is 0.278 e. The van der Waals surface area contributed by atoms with E-state index < -0.39 is 0 Å². The summed E-state index contributed by atoms with van der Waals surface area (Å²) in [7, 11) is 0. The molecular weight excluding hydrogens is 340 g/mol. The molecule has 2 aromatic carbocycles. The van der Waals surface area contributed by atoms with Crippen molar-refractivity contribution in [3.8, 4) is 11.3 Å². The number of benzene rings is 2. The van der Waals surface area contributed by atoms with Gasteiger partial charge in [-0.15, -0.1) is 0 Å². The summed E-state index contributed by atoms with van der Waals surface area (Å²) in [6, 6.07) is 21.4. The number of nitrogens with zero attached hydrogens (tertiary/aromatic N) is 3. The van der Waals surface area contributed by atoms with Crippen molar-refractivity contribution in [3.63, 3.8) is 0 Å². The van der Waals surface area contributed by atoms with Gasteiger partial charge in [0.2, 0.25) is 0 Å². The third-order valence-corrected chi connectivity index (χ3v) is 4.29. The Kier molecular flexibility index (Phi) is 4.53. The Hall–Kier alpha value is -3.67. The lowest BCUT2D eigenvalue weighted by atomic mass is 10.1. The van der Waals surface area contributed by atoms with Crippen LogP contribution in [-0.4, -0.2) is 20.8 Å². The van der Waals surface area contributed by atoms with E-state index in [0.29, 0.717) is 12.4 Å². The third-order valence-electron chi connectivity index (χ3n) is 4.29. The molecule has 6 nitrogen and oxygen atoms in total. The lowest BCUT2D eigenvalue weighted by Gasteiger charge is -2.08. The number of carbonyl (C=O) groups excluding carboxylic acids is 1. The van der Waals surface area contributed by atoms with Gasteiger partial charge in [0.25, 0.3) is 5.91 Å². The van der Waals surface area contributed by atoms with Crippen molar-refractivity contribution in [2.24, 2.45) is 0 Å². The molecule has 4 aromatic rings. The van der Waals surface area contributed by atoms with Gasteiger partial charge >= 0.3 is 0 Å². The fraction of sp³-hybridized carbons (Fsp3) is 0.0952. The van der Waals surface area contributed by atoms with Gasteiger partial charge in [0.05, 0.1) is 12.2 Å². The largest absolute Gasteiger partial charge is 0.364 e. The molecular formula is C21H18N4O2. The molecule has 0 saturated carbocycles. The van der Waals surface area contributed by atoms with Crippen LogP contribution in [-0.2, 0) is 6.54 Å². The number of rotatable bonds is 5. The van der Waals surface area contributed by atoms with Crippen LogP contribution in [0.4, 0.5) is 5.82 Å². The SMILES string of the molecule is Cc1ccccc1-c1cc(NC(=O)c2ccon2)n(Cc2ccccc2)n1. The molecule has 0 fully saturated rings. The van der Waals surface area contributed by atoms with E-state index in [4.69, 9.17) is 9.62 Å². The average Bonchev–Trinajstić information content (AvgIpc) is 3.34. The van der Waals surface area contributed by atoms with E-state index >= 15 is 0 Å². The first kappa shape index (κ1) is 16.8. The standard InChI is InChI=1S/C21H18N4O2/c1-15-7-5-6-10-17(15)19-13-20(22-21(26)18-11-12-27-24-18)25(23-19)14-16-8-3-2-4-9-16/h2-13H,14H2,1H3,(H,22,26). The second-order valence-electron chi connectivity index (χ2n) is 6.21. The molecule has 0 unspecified atom stereocenters. The second kappa shape index (κ2) is 7.29. The fourth-order valence-electron chi connectivity index (χ4n) is 2.90. The summed E-state index contributed by atoms with van der Waals surface area (Å²) >= 11 is 0. The number of aromatic nitrogens is 3. The molecule has 0 radical (unpaired) electrons. The highest BCUT2D eigenvalue weighted by atomic mass is 16.5. The van der Waals surface area contributed by atoms with Crippen LogP contribution in [0, 0.1) is 6.92 Å². The van der Waals surface area contributed by atoms with Gasteiger partial charge in [0, 0.05) is 17.7 Å². The van der Waals surface area contributed by atoms with E-state index in [1.54, 1.807) is 4.68 Å². The first-order valence-corrected chi connectivity index (χ1v) is 8.60. The maximum absolute atomic E-state index is 12.4. The van der Waals surface area contributed by atoms with Gasteiger partial charge in [-0.25, -0.2) is 4.68 Å². The zero-order valence-corrected chi connectivity index (χ0v) is 14.8. The van der Waals surface area contributed by atoms with Gasteiger partial charge in [-0.2, -0.15) is 5.10 Å². The number of nitrogens with one attached hydrogen (secondary N) is 1. The Morgan fingerprint density at radius 1 is 1.07 bits per heavy atom. The molecule has 0 aliphatic carbocycles. The molecule has 2 heterocycles. The Labute approximate surface area is 156 Å². The van der Waals surface area contributed by atoms with E-state index in [1.165, 1.54) is 12.3 Å². The van der Waals surface area contributed by atoms with Crippen molar-refractivity contribution < 1.29 is 9.32 Å². The first-order chi connectivity index (χ1) is 13.2. The highest BCUT2D eigenvalue weighted by Crippen LogP contribution is 2.25. The monoisotopic (exact) mass is 358 g/mol. The van der Waals surface area contributed by atoms with Crippen molar-refractivity contribution >= 4 is 11.7 Å². The minimum Gasteiger partial charge on any atom is -0.364 e. The Morgan fingerprint density at radius 3 is 2.59 bits per heavy atom. The van der Waals surface area contributed by atoms with Crippen LogP contribution in [0.25, 0.3) is 11.3 Å². The summed E-state index contributed by atoms with van der Waals surface area (Å²) in [4.78, 5) is 12.4. The molecule has 4 rings (SSSR count). The number of amides is 1. The van der Waals surface area contributed by atoms with Crippen LogP contribution in [0.15, 0.2) is 77.5 Å². The summed E-state index contributed by atoms with van der Waals surface area (Å²) in [5.41, 5.74) is 4.27. The predicted molar refractivity (Wildman–Crippen MR) is 102 cm³/mol. The van der Waals surface area contributed by atoms with E-state index in [-0.39, 0.29) is 11.6 Å². The fourth-order valence-corrected chi connectivity index (χ4v) is 2.90. The lowest BCUT2D eigenvalue weighted by molar-refractivity contribution is 0.101. The number of anilines is 1. The minimum atomic E-state index is -0.339. The van der Waals surface area contributed by atoms with Gasteiger partial charge in [-0.05, 0) is 18.1 Å². The molecule has 2 aromatic heterocycles. The number of hydrogen-bond donors (Lipinski definition) is 1. The second-order valence-corrected chi connectivity index (χ2v) is 6.21. The molecule has 6 heteroatoms. The highest BCUT2D eigenvalue weighted by Gasteiger charge is 2.16. The highest BCUT2D eigenvalue weighted by molar-refractivity contribution is 6.02. The third kappa shape index (κ3) is 3.64. The molecule has 1 N–H and O–H groups in total. The van der Waals surface area contributed by atoms with E-state index in [9.17, 15) is 4.79 Å². The van der Waals surface area contributed by atoms with Gasteiger partial charge in [0.15, 0.2) is 5.69 Å². The van der Waals surface area contributed by atoms with E-state index in [2.05, 4.69) is 10.5 Å². The molecule has 1 amide bonds. The Bertz CT molecular complexity index is 1050. The first-order valence-electron chi connectivity index (χ1n) is 8.60. The van der Waals surface area contributed by atoms with Crippen LogP contribution < -0.4 is 5.32 Å². The Balaban J connectivity index is 1.71. The maximum atomic E-state index is 12.4. The zero-order valence-electron chi connectivity index (χ0n) is 14.8. The van der Waals surface area contributed by atoms with Crippen molar-refractivity contribution in [3.05, 3.63) is 89.8 Å². The number of aryl methyl sites for hydroxylation is 1. The molecule has 0 saturated heterocycles. The van der Waals surface area contributed by atoms with Crippen molar-refractivity contribution in [2.45, 2.75) is 13.5 Å². The van der Waals surface area contributed by atoms with Crippen LogP contribution >= 0.6 is 0 Å². The Morgan fingerprint density at radius 2 is 1.85 bits per heavy atom. The quantitative estimate of drug-likeness (QED) is 0.582. The lowest BCUT2D eigenvalue weighted by Crippen LogP contribution is -2.16. The molecule has 0 atom stereocenters. The summed E-state index contributed by atoms with van der Waals surface area (Å²) in [6.07, 6.45) is 1.37. The van der Waals surface area contributed by atoms with Gasteiger partial charge in [-0.3, -0.25) is 4.79 Å². The molecule has 0 spiro atoms. The topological polar surface area (TPSA) is 73.0 Å². The van der Waals surface area contributed by atoms with E-state index in [0.717, 1.165) is 22.4 Å². The van der Waals surface area contributed by atoms with Gasteiger partial charge < -0.3 is 9.84 Å². The smallest absolute Gasteiger partial charge is 0.278 e. The molecule has 27 heavy (non-hydrogen) atoms. The minimum absolute atomic E-state index is 0.222. The normalized spacial score (nSPS) is 10.7. The molecule has 0 bridgehead atoms. The molecule has 134 valence electrons. The predicted octanol–water partition coefficient (Wildman–Crippen LogP) is 4.15. The number of carbonyl (C=O) groups is 1. The average molecular weight is 358 g/mol. The van der Waals surface area contributed by atoms with Crippen molar-refractivity contribution in [1.29, 1.82) is 0 Å². The molecule has 0 aliphatic heterocycles. The van der Waals surface area contributed by atoms with Crippen LogP contribution in [0.5, 0.6) is 0 Å². The van der Waals surface area contributed by atoms with Crippen LogP contribution in [0.3, 0.4) is 0 Å². The van der Waals surface area contributed by atoms with Gasteiger partial charge in [0.1, 0.15) is 12.1 Å². The summed E-state index contributed by atoms with van der Waals surface area (Å²) in [6.45, 7) is 2.58. The van der Waals surface area contributed by atoms with Crippen LogP contribution in [0.1, 0.15) is 21.6 Å². The van der Waals surface area contributed by atoms with Crippen molar-refractivity contribution in [2.75, 3.05) is 5.32 Å². The molecule has 0 aliphatic rings. The zero-order chi connectivity index (χ0) is 18.6. The van der Waals surface area contributed by atoms with E-state index in [1.807, 2.05) is 67.6 Å². The summed E-state index contributed by atoms with van der Waals surface area (Å²) in [5, 5.41) is 11.3. The van der Waals surface area contributed by atoms with Crippen molar-refractivity contribution in [1.82, 2.24) is 14.9 Å². The summed E-state index contributed by atoms with van der Waals surface area (Å²) < 4.78 is 6.54. The summed E-state index contributed by atoms with van der Waals surface area (Å²) in [5.74, 6) is 0.263. The van der Waals surface area contributed by atoms with Gasteiger partial charge in [-0.1, -0.05) is 59.8 Å². The number of hydrogen-bond acceptors (Lipinski definition) is 4. The van der Waals surface area contributed by atoms with Crippen LogP contribution in [0.2, 0.25) is 0 Å².